The van der Waals surface area contributed by atoms with E-state index in [9.17, 15) is 13.2 Å². The Morgan fingerprint density at radius 1 is 1.14 bits per heavy atom. The van der Waals surface area contributed by atoms with Crippen molar-refractivity contribution in [1.29, 1.82) is 0 Å². The first-order chi connectivity index (χ1) is 20.7. The number of benzene rings is 3. The average molecular weight is 623 g/mol. The van der Waals surface area contributed by atoms with E-state index in [1.54, 1.807) is 60.5 Å². The second-order valence-corrected chi connectivity index (χ2v) is 12.0. The SMILES string of the molecule is COc1cc([C@H](Nc2ccc3c(N)nccc3c2)C(=O)N2CC[C@H](C3OC(C)O3)[C@@H]2c2ccccc2[SH](=O)=O)ccc1Cl. The molecule has 3 N–H and O–H groups in total. The third-order valence-electron chi connectivity index (χ3n) is 8.04. The summed E-state index contributed by atoms with van der Waals surface area (Å²) in [7, 11) is -1.40. The van der Waals surface area contributed by atoms with Crippen LogP contribution in [0.2, 0.25) is 5.02 Å². The molecule has 0 unspecified atom stereocenters. The molecule has 6 rings (SSSR count). The summed E-state index contributed by atoms with van der Waals surface area (Å²) >= 11 is 6.34. The Hall–Kier alpha value is -3.90. The van der Waals surface area contributed by atoms with Crippen LogP contribution >= 0.6 is 11.6 Å². The normalized spacial score (nSPS) is 22.4. The number of nitrogens with zero attached hydrogens (tertiary/aromatic N) is 2. The maximum absolute atomic E-state index is 14.7. The van der Waals surface area contributed by atoms with Gasteiger partial charge < -0.3 is 30.2 Å². The minimum Gasteiger partial charge on any atom is -0.495 e. The molecule has 12 heteroatoms. The van der Waals surface area contributed by atoms with Gasteiger partial charge in [0.25, 0.3) is 0 Å². The number of carbonyl (C=O) groups excluding carboxylic acids is 1. The fourth-order valence-corrected chi connectivity index (χ4v) is 6.83. The molecule has 3 aromatic carbocycles. The van der Waals surface area contributed by atoms with Gasteiger partial charge in [-0.05, 0) is 72.3 Å². The van der Waals surface area contributed by atoms with E-state index < -0.39 is 29.1 Å². The third-order valence-corrected chi connectivity index (χ3v) is 9.16. The number of methoxy groups -OCH3 is 1. The Morgan fingerprint density at radius 3 is 2.67 bits per heavy atom. The molecular weight excluding hydrogens is 592 g/mol. The number of halogens is 1. The molecule has 0 bridgehead atoms. The summed E-state index contributed by atoms with van der Waals surface area (Å²) in [6.45, 7) is 2.17. The summed E-state index contributed by atoms with van der Waals surface area (Å²) in [5.41, 5.74) is 7.89. The van der Waals surface area contributed by atoms with E-state index in [2.05, 4.69) is 10.3 Å². The van der Waals surface area contributed by atoms with Gasteiger partial charge >= 0.3 is 0 Å². The van der Waals surface area contributed by atoms with Gasteiger partial charge in [-0.1, -0.05) is 35.9 Å². The Kier molecular flexibility index (Phi) is 8.15. The van der Waals surface area contributed by atoms with Gasteiger partial charge in [-0.2, -0.15) is 0 Å². The minimum atomic E-state index is -2.91. The number of anilines is 2. The number of likely N-dealkylation sites (tertiary alicyclic amines) is 1. The van der Waals surface area contributed by atoms with Crippen LogP contribution in [0.3, 0.4) is 0 Å². The number of amides is 1. The number of nitrogens with one attached hydrogen (secondary N) is 1. The Bertz CT molecular complexity index is 1750. The lowest BCUT2D eigenvalue weighted by Gasteiger charge is -2.41. The van der Waals surface area contributed by atoms with Gasteiger partial charge in [0.15, 0.2) is 23.3 Å². The molecule has 2 aliphatic rings. The van der Waals surface area contributed by atoms with Crippen molar-refractivity contribution < 1.29 is 27.4 Å². The van der Waals surface area contributed by atoms with Crippen LogP contribution in [0.5, 0.6) is 5.75 Å². The van der Waals surface area contributed by atoms with E-state index in [4.69, 9.17) is 31.5 Å². The fraction of sp³-hybridized carbons (Fsp3) is 0.290. The summed E-state index contributed by atoms with van der Waals surface area (Å²) in [5, 5.41) is 5.47. The molecular formula is C31H31ClN4O6S. The number of pyridine rings is 1. The zero-order valence-electron chi connectivity index (χ0n) is 23.5. The van der Waals surface area contributed by atoms with E-state index in [1.807, 2.05) is 24.3 Å². The first kappa shape index (κ1) is 29.2. The number of ether oxygens (including phenoxy) is 3. The highest BCUT2D eigenvalue weighted by Gasteiger charge is 2.49. The monoisotopic (exact) mass is 622 g/mol. The smallest absolute Gasteiger partial charge is 0.250 e. The zero-order chi connectivity index (χ0) is 30.2. The summed E-state index contributed by atoms with van der Waals surface area (Å²) in [6.07, 6.45) is 1.27. The van der Waals surface area contributed by atoms with Crippen LogP contribution in [0.15, 0.2) is 77.8 Å². The van der Waals surface area contributed by atoms with Gasteiger partial charge in [0, 0.05) is 29.7 Å². The van der Waals surface area contributed by atoms with E-state index in [0.717, 1.165) is 10.8 Å². The molecule has 0 radical (unpaired) electrons. The molecule has 1 aromatic heterocycles. The van der Waals surface area contributed by atoms with Crippen molar-refractivity contribution >= 4 is 50.5 Å². The largest absolute Gasteiger partial charge is 0.495 e. The van der Waals surface area contributed by atoms with Gasteiger partial charge in [0.05, 0.1) is 23.1 Å². The highest BCUT2D eigenvalue weighted by Crippen LogP contribution is 2.46. The average Bonchev–Trinajstić information content (AvgIpc) is 3.43. The number of carbonyl (C=O) groups is 1. The van der Waals surface area contributed by atoms with Crippen LogP contribution < -0.4 is 15.8 Å². The maximum atomic E-state index is 14.7. The van der Waals surface area contributed by atoms with Crippen LogP contribution in [0, 0.1) is 5.92 Å². The van der Waals surface area contributed by atoms with E-state index in [1.165, 1.54) is 7.11 Å². The molecule has 2 fully saturated rings. The first-order valence-corrected chi connectivity index (χ1v) is 15.4. The third kappa shape index (κ3) is 5.61. The predicted octanol–water partition coefficient (Wildman–Crippen LogP) is 4.91. The van der Waals surface area contributed by atoms with E-state index >= 15 is 0 Å². The van der Waals surface area contributed by atoms with Gasteiger partial charge in [-0.3, -0.25) is 4.79 Å². The number of thiol groups is 1. The zero-order valence-corrected chi connectivity index (χ0v) is 25.1. The van der Waals surface area contributed by atoms with Crippen LogP contribution in [0.25, 0.3) is 10.8 Å². The van der Waals surface area contributed by atoms with E-state index in [-0.39, 0.29) is 23.0 Å². The number of aromatic nitrogens is 1. The number of rotatable bonds is 8. The highest BCUT2D eigenvalue weighted by atomic mass is 35.5. The molecule has 0 aliphatic carbocycles. The lowest BCUT2D eigenvalue weighted by Crippen LogP contribution is -2.47. The lowest BCUT2D eigenvalue weighted by molar-refractivity contribution is -0.393. The number of nitrogens with two attached hydrogens (primary N) is 1. The fourth-order valence-electron chi connectivity index (χ4n) is 6.01. The van der Waals surface area contributed by atoms with Crippen molar-refractivity contribution in [1.82, 2.24) is 9.88 Å². The second-order valence-electron chi connectivity index (χ2n) is 10.6. The molecule has 3 atom stereocenters. The molecule has 0 saturated carbocycles. The molecule has 10 nitrogen and oxygen atoms in total. The number of hydrogen-bond donors (Lipinski definition) is 3. The predicted molar refractivity (Wildman–Crippen MR) is 164 cm³/mol. The molecule has 224 valence electrons. The number of nitrogen functional groups attached to an aromatic ring is 1. The van der Waals surface area contributed by atoms with Gasteiger partial charge in [0.2, 0.25) is 5.91 Å². The topological polar surface area (TPSA) is 133 Å². The summed E-state index contributed by atoms with van der Waals surface area (Å²) in [6, 6.07) is 17.9. The first-order valence-electron chi connectivity index (χ1n) is 13.8. The van der Waals surface area contributed by atoms with Gasteiger partial charge in [-0.25, -0.2) is 13.4 Å². The molecule has 1 amide bonds. The highest BCUT2D eigenvalue weighted by molar-refractivity contribution is 7.72. The van der Waals surface area contributed by atoms with Gasteiger partial charge in [0.1, 0.15) is 17.6 Å². The maximum Gasteiger partial charge on any atom is 0.250 e. The molecule has 43 heavy (non-hydrogen) atoms. The summed E-state index contributed by atoms with van der Waals surface area (Å²) in [5.74, 6) is 0.309. The number of fused-ring (bicyclic) bond motifs is 1. The standard InChI is InChI=1S/C31H31ClN4O6S/c1-17-41-31(42-17)23-12-14-36(28(23)22-5-3-4-6-26(22)43(38)39)30(37)27(19-7-10-24(32)25(16-19)40-2)35-20-8-9-21-18(15-20)11-13-34-29(21)33/h3-11,13,15-17,23,27-28,31,35,43H,12,14H2,1-2H3,(H2,33,34)/t17?,23-,27-,28-,31?/m0/s1. The second kappa shape index (κ2) is 12.0. The van der Waals surface area contributed by atoms with Crippen LogP contribution in [0.4, 0.5) is 11.5 Å². The van der Waals surface area contributed by atoms with Crippen LogP contribution in [0.1, 0.15) is 36.6 Å². The van der Waals surface area contributed by atoms with Crippen molar-refractivity contribution in [2.75, 3.05) is 24.7 Å². The summed E-state index contributed by atoms with van der Waals surface area (Å²) in [4.78, 5) is 20.7. The van der Waals surface area contributed by atoms with E-state index in [0.29, 0.717) is 46.4 Å². The van der Waals surface area contributed by atoms with Gasteiger partial charge in [-0.15, -0.1) is 0 Å². The summed E-state index contributed by atoms with van der Waals surface area (Å²) < 4.78 is 41.8. The van der Waals surface area contributed by atoms with Crippen molar-refractivity contribution in [3.63, 3.8) is 0 Å². The molecule has 2 saturated heterocycles. The molecule has 3 heterocycles. The minimum absolute atomic E-state index is 0.165. The van der Waals surface area contributed by atoms with Crippen molar-refractivity contribution in [3.05, 3.63) is 89.1 Å². The molecule has 4 aromatic rings. The molecule has 2 aliphatic heterocycles. The molecule has 0 spiro atoms. The van der Waals surface area contributed by atoms with Crippen molar-refractivity contribution in [3.8, 4) is 5.75 Å². The quantitative estimate of drug-likeness (QED) is 0.234. The Labute approximate surface area is 255 Å². The van der Waals surface area contributed by atoms with Crippen molar-refractivity contribution in [2.24, 2.45) is 5.92 Å². The number of hydrogen-bond acceptors (Lipinski definition) is 9. The van der Waals surface area contributed by atoms with Crippen LogP contribution in [-0.2, 0) is 25.0 Å². The lowest BCUT2D eigenvalue weighted by atomic mass is 9.91. The van der Waals surface area contributed by atoms with Crippen molar-refractivity contribution in [2.45, 2.75) is 42.9 Å². The Morgan fingerprint density at radius 2 is 1.93 bits per heavy atom. The Balaban J connectivity index is 1.43. The van der Waals surface area contributed by atoms with Crippen LogP contribution in [-0.4, -0.2) is 50.4 Å².